The number of carbonyl (C=O) groups is 1. The first kappa shape index (κ1) is 17.7. The first-order chi connectivity index (χ1) is 13.1. The summed E-state index contributed by atoms with van der Waals surface area (Å²) in [5.41, 5.74) is 8.18. The molecule has 27 heavy (non-hydrogen) atoms. The molecule has 7 nitrogen and oxygen atoms in total. The third kappa shape index (κ3) is 3.60. The normalized spacial score (nSPS) is 15.0. The molecule has 0 unspecified atom stereocenters. The van der Waals surface area contributed by atoms with Gasteiger partial charge in [0, 0.05) is 10.9 Å². The van der Waals surface area contributed by atoms with Gasteiger partial charge in [-0.15, -0.1) is 0 Å². The third-order valence-electron chi connectivity index (χ3n) is 5.05. The van der Waals surface area contributed by atoms with E-state index in [9.17, 15) is 4.79 Å². The third-order valence-corrected chi connectivity index (χ3v) is 5.45. The van der Waals surface area contributed by atoms with E-state index in [0.717, 1.165) is 42.3 Å². The highest BCUT2D eigenvalue weighted by Gasteiger charge is 2.21. The van der Waals surface area contributed by atoms with Crippen LogP contribution in [-0.4, -0.2) is 25.7 Å². The zero-order chi connectivity index (χ0) is 18.8. The van der Waals surface area contributed by atoms with Crippen molar-refractivity contribution >= 4 is 34.4 Å². The summed E-state index contributed by atoms with van der Waals surface area (Å²) in [6.45, 7) is 1.95. The Bertz CT molecular complexity index is 979. The second kappa shape index (κ2) is 7.52. The van der Waals surface area contributed by atoms with E-state index >= 15 is 0 Å². The Kier molecular flexibility index (Phi) is 4.94. The molecule has 1 aliphatic carbocycles. The van der Waals surface area contributed by atoms with Crippen molar-refractivity contribution in [2.45, 2.75) is 39.0 Å². The van der Waals surface area contributed by atoms with Crippen molar-refractivity contribution in [3.8, 4) is 5.69 Å². The van der Waals surface area contributed by atoms with Gasteiger partial charge in [0.1, 0.15) is 6.33 Å². The Labute approximate surface area is 162 Å². The Balaban J connectivity index is 1.57. The topological polar surface area (TPSA) is 84.7 Å². The smallest absolute Gasteiger partial charge is 0.241 e. The zero-order valence-electron chi connectivity index (χ0n) is 15.1. The second-order valence-corrected chi connectivity index (χ2v) is 7.31. The van der Waals surface area contributed by atoms with E-state index < -0.39 is 0 Å². The average Bonchev–Trinajstić information content (AvgIpc) is 3.13. The number of amides is 1. The molecule has 2 N–H and O–H groups in total. The summed E-state index contributed by atoms with van der Waals surface area (Å²) >= 11 is 6.24. The maximum Gasteiger partial charge on any atom is 0.241 e. The number of hydrogen-bond acceptors (Lipinski definition) is 5. The Morgan fingerprint density at radius 1 is 1.22 bits per heavy atom. The fourth-order valence-electron chi connectivity index (χ4n) is 3.43. The molecule has 0 radical (unpaired) electrons. The van der Waals surface area contributed by atoms with Crippen molar-refractivity contribution in [1.82, 2.24) is 25.2 Å². The summed E-state index contributed by atoms with van der Waals surface area (Å²) in [6, 6.07) is 5.73. The van der Waals surface area contributed by atoms with Crippen LogP contribution in [0.15, 0.2) is 30.7 Å². The minimum atomic E-state index is 0.0131. The molecule has 1 aliphatic rings. The van der Waals surface area contributed by atoms with E-state index in [1.165, 1.54) is 12.7 Å². The number of halogens is 1. The number of fused-ring (bicyclic) bond motifs is 1. The van der Waals surface area contributed by atoms with Gasteiger partial charge in [0.05, 0.1) is 17.3 Å². The maximum absolute atomic E-state index is 12.4. The lowest BCUT2D eigenvalue weighted by Gasteiger charge is -2.21. The van der Waals surface area contributed by atoms with Crippen LogP contribution in [0.1, 0.15) is 37.7 Å². The van der Waals surface area contributed by atoms with E-state index in [2.05, 4.69) is 25.9 Å². The van der Waals surface area contributed by atoms with Gasteiger partial charge in [-0.1, -0.05) is 36.9 Å². The monoisotopic (exact) mass is 384 g/mol. The molecule has 0 atom stereocenters. The number of nitrogens with one attached hydrogen (secondary N) is 2. The molecule has 0 aliphatic heterocycles. The fourth-order valence-corrected chi connectivity index (χ4v) is 3.61. The molecule has 0 bridgehead atoms. The van der Waals surface area contributed by atoms with Crippen LogP contribution >= 0.6 is 11.6 Å². The van der Waals surface area contributed by atoms with E-state index in [1.54, 1.807) is 10.9 Å². The van der Waals surface area contributed by atoms with Gasteiger partial charge in [0.2, 0.25) is 5.91 Å². The predicted molar refractivity (Wildman–Crippen MR) is 105 cm³/mol. The highest BCUT2D eigenvalue weighted by Crippen LogP contribution is 2.25. The molecule has 8 heteroatoms. The van der Waals surface area contributed by atoms with Crippen LogP contribution in [0, 0.1) is 12.8 Å². The van der Waals surface area contributed by atoms with Crippen LogP contribution in [0.3, 0.4) is 0 Å². The SMILES string of the molecule is Cc1ccc(-n2ncc3c(NNC(=O)C4CCCCC4)ncnc32)cc1Cl. The van der Waals surface area contributed by atoms with Gasteiger partial charge in [0.15, 0.2) is 11.5 Å². The number of hydrogen-bond donors (Lipinski definition) is 2. The molecule has 0 spiro atoms. The minimum Gasteiger partial charge on any atom is -0.281 e. The van der Waals surface area contributed by atoms with E-state index in [1.807, 2.05) is 25.1 Å². The number of aryl methyl sites for hydroxylation is 1. The highest BCUT2D eigenvalue weighted by molar-refractivity contribution is 6.31. The van der Waals surface area contributed by atoms with Gasteiger partial charge in [-0.3, -0.25) is 15.6 Å². The van der Waals surface area contributed by atoms with Gasteiger partial charge in [-0.05, 0) is 37.5 Å². The van der Waals surface area contributed by atoms with Gasteiger partial charge in [0.25, 0.3) is 0 Å². The number of hydrazine groups is 1. The van der Waals surface area contributed by atoms with Gasteiger partial charge in [-0.2, -0.15) is 5.10 Å². The molecule has 1 amide bonds. The van der Waals surface area contributed by atoms with Crippen LogP contribution in [0.2, 0.25) is 5.02 Å². The van der Waals surface area contributed by atoms with Crippen LogP contribution in [0.4, 0.5) is 5.82 Å². The molecule has 4 rings (SSSR count). The van der Waals surface area contributed by atoms with Crippen molar-refractivity contribution in [3.63, 3.8) is 0 Å². The molecule has 1 aromatic carbocycles. The Hall–Kier alpha value is -2.67. The Morgan fingerprint density at radius 2 is 2.04 bits per heavy atom. The van der Waals surface area contributed by atoms with Crippen LogP contribution < -0.4 is 10.9 Å². The first-order valence-corrected chi connectivity index (χ1v) is 9.52. The number of aromatic nitrogens is 4. The molecule has 3 aromatic rings. The summed E-state index contributed by atoms with van der Waals surface area (Å²) in [7, 11) is 0. The van der Waals surface area contributed by atoms with Crippen molar-refractivity contribution in [2.24, 2.45) is 5.92 Å². The lowest BCUT2D eigenvalue weighted by Crippen LogP contribution is -2.36. The van der Waals surface area contributed by atoms with Gasteiger partial charge >= 0.3 is 0 Å². The van der Waals surface area contributed by atoms with Crippen molar-refractivity contribution in [1.29, 1.82) is 0 Å². The quantitative estimate of drug-likeness (QED) is 0.668. The predicted octanol–water partition coefficient (Wildman–Crippen LogP) is 3.80. The molecule has 1 saturated carbocycles. The van der Waals surface area contributed by atoms with E-state index in [-0.39, 0.29) is 11.8 Å². The number of carbonyl (C=O) groups excluding carboxylic acids is 1. The average molecular weight is 385 g/mol. The van der Waals surface area contributed by atoms with Crippen molar-refractivity contribution in [3.05, 3.63) is 41.3 Å². The zero-order valence-corrected chi connectivity index (χ0v) is 15.8. The van der Waals surface area contributed by atoms with E-state index in [0.29, 0.717) is 16.5 Å². The van der Waals surface area contributed by atoms with Crippen molar-refractivity contribution < 1.29 is 4.79 Å². The fraction of sp³-hybridized carbons (Fsp3) is 0.368. The summed E-state index contributed by atoms with van der Waals surface area (Å²) in [4.78, 5) is 20.9. The summed E-state index contributed by atoms with van der Waals surface area (Å²) in [6.07, 6.45) is 8.45. The highest BCUT2D eigenvalue weighted by atomic mass is 35.5. The largest absolute Gasteiger partial charge is 0.281 e. The molecule has 140 valence electrons. The van der Waals surface area contributed by atoms with Crippen molar-refractivity contribution in [2.75, 3.05) is 5.43 Å². The molecule has 2 heterocycles. The molecule has 2 aromatic heterocycles. The number of anilines is 1. The lowest BCUT2D eigenvalue weighted by atomic mass is 9.89. The summed E-state index contributed by atoms with van der Waals surface area (Å²) in [5.74, 6) is 0.605. The molecular formula is C19H21ClN6O. The van der Waals surface area contributed by atoms with Crippen LogP contribution in [-0.2, 0) is 4.79 Å². The standard InChI is InChI=1S/C19H21ClN6O/c1-12-7-8-14(9-16(12)20)26-18-15(10-23-26)17(21-11-22-18)24-25-19(27)13-5-3-2-4-6-13/h7-11,13H,2-6H2,1H3,(H,25,27)(H,21,22,24). The minimum absolute atomic E-state index is 0.0131. The van der Waals surface area contributed by atoms with Crippen LogP contribution in [0.5, 0.6) is 0 Å². The summed E-state index contributed by atoms with van der Waals surface area (Å²) in [5, 5.41) is 5.81. The number of nitrogens with zero attached hydrogens (tertiary/aromatic N) is 4. The second-order valence-electron chi connectivity index (χ2n) is 6.90. The molecule has 0 saturated heterocycles. The molecular weight excluding hydrogens is 364 g/mol. The Morgan fingerprint density at radius 3 is 2.81 bits per heavy atom. The number of rotatable bonds is 4. The van der Waals surface area contributed by atoms with Gasteiger partial charge in [-0.25, -0.2) is 14.6 Å². The van der Waals surface area contributed by atoms with Crippen LogP contribution in [0.25, 0.3) is 16.7 Å². The van der Waals surface area contributed by atoms with E-state index in [4.69, 9.17) is 11.6 Å². The summed E-state index contributed by atoms with van der Waals surface area (Å²) < 4.78 is 1.70. The lowest BCUT2D eigenvalue weighted by molar-refractivity contribution is -0.125. The maximum atomic E-state index is 12.4. The van der Waals surface area contributed by atoms with Gasteiger partial charge < -0.3 is 0 Å². The molecule has 1 fully saturated rings. The first-order valence-electron chi connectivity index (χ1n) is 9.14. The number of benzene rings is 1.